The Labute approximate surface area is 331 Å². The second-order valence-electron chi connectivity index (χ2n) is 11.9. The highest BCUT2D eigenvalue weighted by Gasteiger charge is 2.58. The Morgan fingerprint density at radius 2 is 1.10 bits per heavy atom. The molecule has 15 atom stereocenters. The molecule has 3 aliphatic rings. The van der Waals surface area contributed by atoms with Crippen LogP contribution in [0.1, 0.15) is 0 Å². The van der Waals surface area contributed by atoms with E-state index in [2.05, 4.69) is 12.5 Å². The predicted octanol–water partition coefficient (Wildman–Crippen LogP) is -8.65. The lowest BCUT2D eigenvalue weighted by Crippen LogP contribution is -2.70. The fourth-order valence-corrected chi connectivity index (χ4v) is 8.90. The van der Waals surface area contributed by atoms with Crippen LogP contribution in [0.4, 0.5) is 0 Å². The number of ether oxygens (including phenoxy) is 6. The SMILES string of the molecule is CO[C@H]1[C@H](OS(=O)(=O)O)[C@@H](NS(=O)(=O)O)[C@@H](O[C@H]2C(O)[C@@H](OS(=O)(=O)O)[C@@H](O[C@H]3[C@H](O)[C@@H](NS(=O)(=O)O)[C@@H](O)O[C@@H]3CS(=O)(=O)O)O[C@@H]2C(=O)O)O[C@@H]1COS(=O)(=O)O. The fraction of sp³-hybridized carbons (Fsp3) is 0.947. The van der Waals surface area contributed by atoms with Crippen molar-refractivity contribution in [2.75, 3.05) is 19.5 Å². The van der Waals surface area contributed by atoms with E-state index in [1.165, 1.54) is 9.44 Å². The van der Waals surface area contributed by atoms with Gasteiger partial charge in [-0.25, -0.2) is 17.3 Å². The predicted molar refractivity (Wildman–Crippen MR) is 172 cm³/mol. The van der Waals surface area contributed by atoms with E-state index < -0.39 is 172 Å². The molecule has 3 fully saturated rings. The maximum absolute atomic E-state index is 12.5. The van der Waals surface area contributed by atoms with E-state index in [-0.39, 0.29) is 0 Å². The zero-order valence-corrected chi connectivity index (χ0v) is 33.4. The highest BCUT2D eigenvalue weighted by molar-refractivity contribution is 7.85. The Hall–Kier alpha value is -1.63. The quantitative estimate of drug-likeness (QED) is 0.0535. The van der Waals surface area contributed by atoms with Crippen LogP contribution in [-0.2, 0) is 108 Å². The molecule has 0 aromatic rings. The molecular formula is C19H34N2O32S6. The summed E-state index contributed by atoms with van der Waals surface area (Å²) in [6.07, 6.45) is -34.7. The standard InChI is InChI=1S/C19H34N2O32S6/c1-45-11-4(2-46-57(36,37)38)48-18(7(21-56(33,34)35)12(11)52-58(39,40)41)50-13-9(23)14(53-59(42,43)44)19(51-15(13)16(24)25)49-10-5(3-54(27,28)29)47-17(26)6(8(10)22)20-55(30,31)32/h4-15,17-23,26H,2-3H2,1H3,(H,24,25)(H,27,28,29)(H,30,31,32)(H,33,34,35)(H,36,37,38)(H,39,40,41)(H,42,43,44)/t4-,5-,6-,7-,8-,9?,10-,11-,12-,13+,14-,15+,17+,18-,19+/m1/s1. The van der Waals surface area contributed by atoms with Crippen LogP contribution in [0.3, 0.4) is 0 Å². The van der Waals surface area contributed by atoms with Crippen molar-refractivity contribution in [3.63, 3.8) is 0 Å². The van der Waals surface area contributed by atoms with Crippen LogP contribution in [0, 0.1) is 0 Å². The molecule has 59 heavy (non-hydrogen) atoms. The summed E-state index contributed by atoms with van der Waals surface area (Å²) in [6, 6.07) is -5.11. The van der Waals surface area contributed by atoms with E-state index in [0.717, 1.165) is 0 Å². The number of carboxylic acid groups (broad SMARTS) is 1. The molecule has 40 heteroatoms. The second-order valence-corrected chi connectivity index (χ2v) is 19.0. The number of hydrogen-bond donors (Lipinski definition) is 12. The molecule has 0 radical (unpaired) electrons. The van der Waals surface area contributed by atoms with Crippen LogP contribution in [0.2, 0.25) is 0 Å². The summed E-state index contributed by atoms with van der Waals surface area (Å²) in [5, 5.41) is 42.5. The first kappa shape index (κ1) is 51.7. The zero-order valence-electron chi connectivity index (χ0n) is 28.5. The summed E-state index contributed by atoms with van der Waals surface area (Å²) in [7, 11) is -32.7. The fourth-order valence-electron chi connectivity index (χ4n) is 5.73. The van der Waals surface area contributed by atoms with Gasteiger partial charge in [0.1, 0.15) is 66.7 Å². The largest absolute Gasteiger partial charge is 0.479 e. The first-order valence-corrected chi connectivity index (χ1v) is 23.5. The molecule has 0 bridgehead atoms. The van der Waals surface area contributed by atoms with Gasteiger partial charge in [-0.15, -0.1) is 0 Å². The molecule has 12 N–H and O–H groups in total. The number of aliphatic carboxylic acids is 1. The van der Waals surface area contributed by atoms with Crippen molar-refractivity contribution in [3.05, 3.63) is 0 Å². The van der Waals surface area contributed by atoms with Gasteiger partial charge >= 0.3 is 57.8 Å². The van der Waals surface area contributed by atoms with Crippen LogP contribution < -0.4 is 9.44 Å². The highest BCUT2D eigenvalue weighted by atomic mass is 32.3. The summed E-state index contributed by atoms with van der Waals surface area (Å²) in [5.41, 5.74) is 0. The molecule has 3 saturated heterocycles. The van der Waals surface area contributed by atoms with Crippen LogP contribution in [0.15, 0.2) is 0 Å². The molecule has 3 aliphatic heterocycles. The van der Waals surface area contributed by atoms with Crippen molar-refractivity contribution in [1.82, 2.24) is 9.44 Å². The Balaban J connectivity index is 2.17. The molecule has 3 rings (SSSR count). The minimum absolute atomic E-state index is 0.702. The van der Waals surface area contributed by atoms with Gasteiger partial charge in [-0.05, 0) is 0 Å². The molecule has 0 spiro atoms. The van der Waals surface area contributed by atoms with Gasteiger partial charge in [-0.2, -0.15) is 60.0 Å². The van der Waals surface area contributed by atoms with Crippen molar-refractivity contribution in [3.8, 4) is 0 Å². The van der Waals surface area contributed by atoms with E-state index in [9.17, 15) is 98.5 Å². The molecule has 348 valence electrons. The van der Waals surface area contributed by atoms with Gasteiger partial charge in [0.2, 0.25) is 0 Å². The monoisotopic (exact) mass is 994 g/mol. The van der Waals surface area contributed by atoms with Crippen LogP contribution >= 0.6 is 0 Å². The topological polar surface area (TPSA) is 531 Å². The Morgan fingerprint density at radius 1 is 0.593 bits per heavy atom. The van der Waals surface area contributed by atoms with Crippen molar-refractivity contribution in [2.24, 2.45) is 0 Å². The maximum Gasteiger partial charge on any atom is 0.397 e. The van der Waals surface area contributed by atoms with Crippen LogP contribution in [0.5, 0.6) is 0 Å². The number of carbonyl (C=O) groups is 1. The van der Waals surface area contributed by atoms with Crippen molar-refractivity contribution in [1.29, 1.82) is 0 Å². The zero-order chi connectivity index (χ0) is 45.4. The Morgan fingerprint density at radius 3 is 1.56 bits per heavy atom. The summed E-state index contributed by atoms with van der Waals surface area (Å²) < 4.78 is 243. The van der Waals surface area contributed by atoms with Gasteiger partial charge in [0, 0.05) is 7.11 Å². The van der Waals surface area contributed by atoms with E-state index in [1.807, 2.05) is 0 Å². The first-order valence-electron chi connectivity index (χ1n) is 14.9. The van der Waals surface area contributed by atoms with Gasteiger partial charge in [-0.3, -0.25) is 27.3 Å². The third-order valence-corrected chi connectivity index (χ3v) is 11.0. The molecule has 34 nitrogen and oxygen atoms in total. The van der Waals surface area contributed by atoms with E-state index in [1.54, 1.807) is 0 Å². The molecule has 0 aromatic carbocycles. The number of rotatable bonds is 19. The number of carboxylic acids is 1. The number of aliphatic hydroxyl groups excluding tert-OH is 3. The van der Waals surface area contributed by atoms with Gasteiger partial charge < -0.3 is 48.8 Å². The minimum atomic E-state index is -5.93. The van der Waals surface area contributed by atoms with Crippen molar-refractivity contribution in [2.45, 2.75) is 92.0 Å². The van der Waals surface area contributed by atoms with Crippen LogP contribution in [-0.4, -0.2) is 216 Å². The van der Waals surface area contributed by atoms with Crippen molar-refractivity contribution >= 4 is 67.9 Å². The summed E-state index contributed by atoms with van der Waals surface area (Å²) >= 11 is 0. The highest BCUT2D eigenvalue weighted by Crippen LogP contribution is 2.36. The molecule has 0 aromatic heterocycles. The Kier molecular flexibility index (Phi) is 16.7. The first-order chi connectivity index (χ1) is 26.5. The summed E-state index contributed by atoms with van der Waals surface area (Å²) in [4.78, 5) is 12.5. The third kappa shape index (κ3) is 15.6. The number of aliphatic hydroxyl groups is 3. The lowest BCUT2D eigenvalue weighted by Gasteiger charge is -2.49. The average molecular weight is 995 g/mol. The third-order valence-electron chi connectivity index (χ3n) is 7.75. The molecule has 0 amide bonds. The van der Waals surface area contributed by atoms with E-state index in [0.29, 0.717) is 7.11 Å². The van der Waals surface area contributed by atoms with Gasteiger partial charge in [0.15, 0.2) is 31.1 Å². The smallest absolute Gasteiger partial charge is 0.397 e. The van der Waals surface area contributed by atoms with Crippen LogP contribution in [0.25, 0.3) is 0 Å². The summed E-state index contributed by atoms with van der Waals surface area (Å²) in [5.74, 6) is -4.00. The molecular weight excluding hydrogens is 961 g/mol. The van der Waals surface area contributed by atoms with E-state index in [4.69, 9.17) is 33.0 Å². The van der Waals surface area contributed by atoms with E-state index >= 15 is 0 Å². The lowest BCUT2D eigenvalue weighted by atomic mass is 9.95. The normalized spacial score (nSPS) is 36.9. The number of methoxy groups -OCH3 is 1. The van der Waals surface area contributed by atoms with Gasteiger partial charge in [0.05, 0.1) is 6.61 Å². The van der Waals surface area contributed by atoms with Crippen molar-refractivity contribution < 1.29 is 144 Å². The number of hydrogen-bond acceptors (Lipinski definition) is 25. The van der Waals surface area contributed by atoms with Gasteiger partial charge in [-0.1, -0.05) is 0 Å². The molecule has 1 unspecified atom stereocenters. The maximum atomic E-state index is 12.5. The summed E-state index contributed by atoms with van der Waals surface area (Å²) in [6.45, 7) is -1.46. The molecule has 0 aliphatic carbocycles. The minimum Gasteiger partial charge on any atom is -0.479 e. The molecule has 3 heterocycles. The lowest BCUT2D eigenvalue weighted by molar-refractivity contribution is -0.355. The average Bonchev–Trinajstić information content (AvgIpc) is 3.00. The Bertz CT molecular complexity index is 2170. The molecule has 0 saturated carbocycles. The number of nitrogens with one attached hydrogen (secondary N) is 2. The second kappa shape index (κ2) is 19.0. The van der Waals surface area contributed by atoms with Gasteiger partial charge in [0.25, 0.3) is 10.1 Å².